The van der Waals surface area contributed by atoms with Crippen LogP contribution in [0.2, 0.25) is 0 Å². The molecule has 0 amide bonds. The average molecular weight is 202 g/mol. The number of carbonyl (C=O) groups is 2. The molecule has 14 heavy (non-hydrogen) atoms. The van der Waals surface area contributed by atoms with Crippen molar-refractivity contribution in [1.82, 2.24) is 0 Å². The van der Waals surface area contributed by atoms with E-state index in [9.17, 15) is 9.59 Å². The quantitative estimate of drug-likeness (QED) is 0.514. The van der Waals surface area contributed by atoms with Crippen molar-refractivity contribution in [3.05, 3.63) is 0 Å². The van der Waals surface area contributed by atoms with E-state index in [1.165, 1.54) is 0 Å². The number of hydrogen-bond acceptors (Lipinski definition) is 4. The molecule has 0 radical (unpaired) electrons. The van der Waals surface area contributed by atoms with Crippen molar-refractivity contribution < 1.29 is 19.1 Å². The molecule has 0 saturated carbocycles. The van der Waals surface area contributed by atoms with Gasteiger partial charge in [-0.3, -0.25) is 9.59 Å². The van der Waals surface area contributed by atoms with Gasteiger partial charge in [-0.1, -0.05) is 6.92 Å². The molecule has 0 aromatic heterocycles. The fraction of sp³-hybridized carbons (Fsp3) is 0.800. The number of esters is 2. The summed E-state index contributed by atoms with van der Waals surface area (Å²) in [5, 5.41) is 0. The fourth-order valence-corrected chi connectivity index (χ4v) is 0.762. The predicted octanol–water partition coefficient (Wildman–Crippen LogP) is 1.67. The maximum atomic E-state index is 11.1. The first-order valence-electron chi connectivity index (χ1n) is 4.72. The summed E-state index contributed by atoms with van der Waals surface area (Å²) in [5.41, 5.74) is -0.553. The van der Waals surface area contributed by atoms with Crippen LogP contribution < -0.4 is 0 Å². The van der Waals surface area contributed by atoms with E-state index in [0.717, 1.165) is 6.42 Å². The molecule has 0 fully saturated rings. The summed E-state index contributed by atoms with van der Waals surface area (Å²) in [6, 6.07) is 0. The molecule has 4 nitrogen and oxygen atoms in total. The number of ether oxygens (including phenoxy) is 2. The third-order valence-corrected chi connectivity index (χ3v) is 1.18. The molecule has 4 heteroatoms. The SMILES string of the molecule is CCCOC(=O)CC(=O)OC(C)(C)C. The Kier molecular flexibility index (Phi) is 5.20. The van der Waals surface area contributed by atoms with Crippen molar-refractivity contribution in [3.8, 4) is 0 Å². The molecule has 0 aliphatic heterocycles. The van der Waals surface area contributed by atoms with E-state index in [2.05, 4.69) is 0 Å². The van der Waals surface area contributed by atoms with Crippen LogP contribution >= 0.6 is 0 Å². The second-order valence-electron chi connectivity index (χ2n) is 3.98. The molecule has 0 N–H and O–H groups in total. The Balaban J connectivity index is 3.78. The molecule has 0 aliphatic carbocycles. The van der Waals surface area contributed by atoms with Gasteiger partial charge in [-0.2, -0.15) is 0 Å². The van der Waals surface area contributed by atoms with Crippen LogP contribution in [-0.4, -0.2) is 24.1 Å². The van der Waals surface area contributed by atoms with Gasteiger partial charge in [0.15, 0.2) is 0 Å². The lowest BCUT2D eigenvalue weighted by Crippen LogP contribution is -2.25. The lowest BCUT2D eigenvalue weighted by atomic mass is 10.2. The zero-order chi connectivity index (χ0) is 11.2. The summed E-state index contributed by atoms with van der Waals surface area (Å²) in [4.78, 5) is 22.1. The lowest BCUT2D eigenvalue weighted by Gasteiger charge is -2.18. The van der Waals surface area contributed by atoms with Gasteiger partial charge in [0.25, 0.3) is 0 Å². The minimum absolute atomic E-state index is 0.308. The zero-order valence-electron chi connectivity index (χ0n) is 9.25. The first-order valence-corrected chi connectivity index (χ1v) is 4.72. The van der Waals surface area contributed by atoms with E-state index in [1.807, 2.05) is 6.92 Å². The van der Waals surface area contributed by atoms with Gasteiger partial charge in [0.05, 0.1) is 6.61 Å². The Morgan fingerprint density at radius 1 is 1.14 bits per heavy atom. The highest BCUT2D eigenvalue weighted by atomic mass is 16.6. The van der Waals surface area contributed by atoms with E-state index >= 15 is 0 Å². The van der Waals surface area contributed by atoms with E-state index < -0.39 is 17.5 Å². The summed E-state index contributed by atoms with van der Waals surface area (Å²) in [7, 11) is 0. The molecule has 0 aromatic rings. The first-order chi connectivity index (χ1) is 6.35. The van der Waals surface area contributed by atoms with Crippen LogP contribution in [0, 0.1) is 0 Å². The second kappa shape index (κ2) is 5.62. The topological polar surface area (TPSA) is 52.6 Å². The van der Waals surface area contributed by atoms with Gasteiger partial charge in [0.2, 0.25) is 0 Å². The third kappa shape index (κ3) is 7.58. The molecule has 0 spiro atoms. The number of carbonyl (C=O) groups excluding carboxylic acids is 2. The molecule has 0 rings (SSSR count). The maximum absolute atomic E-state index is 11.1. The predicted molar refractivity (Wildman–Crippen MR) is 51.7 cm³/mol. The van der Waals surface area contributed by atoms with Gasteiger partial charge in [0, 0.05) is 0 Å². The highest BCUT2D eigenvalue weighted by Gasteiger charge is 2.19. The maximum Gasteiger partial charge on any atom is 0.317 e. The van der Waals surface area contributed by atoms with Crippen LogP contribution in [0.5, 0.6) is 0 Å². The first kappa shape index (κ1) is 12.9. The van der Waals surface area contributed by atoms with E-state index in [1.54, 1.807) is 20.8 Å². The minimum Gasteiger partial charge on any atom is -0.465 e. The summed E-state index contributed by atoms with van der Waals surface area (Å²) in [6.45, 7) is 7.50. The van der Waals surface area contributed by atoms with Crippen LogP contribution in [-0.2, 0) is 19.1 Å². The smallest absolute Gasteiger partial charge is 0.317 e. The highest BCUT2D eigenvalue weighted by Crippen LogP contribution is 2.08. The van der Waals surface area contributed by atoms with Crippen molar-refractivity contribution in [3.63, 3.8) is 0 Å². The van der Waals surface area contributed by atoms with Crippen molar-refractivity contribution in [2.45, 2.75) is 46.1 Å². The summed E-state index contributed by atoms with van der Waals surface area (Å²) < 4.78 is 9.69. The molecule has 82 valence electrons. The Bertz CT molecular complexity index is 203. The van der Waals surface area contributed by atoms with Crippen molar-refractivity contribution >= 4 is 11.9 Å². The number of hydrogen-bond donors (Lipinski definition) is 0. The van der Waals surface area contributed by atoms with Crippen LogP contribution in [0.3, 0.4) is 0 Å². The van der Waals surface area contributed by atoms with Crippen LogP contribution in [0.15, 0.2) is 0 Å². The van der Waals surface area contributed by atoms with E-state index in [0.29, 0.717) is 6.61 Å². The Hall–Kier alpha value is -1.06. The molecular formula is C10H18O4. The molecule has 0 aliphatic rings. The molecular weight excluding hydrogens is 184 g/mol. The summed E-state index contributed by atoms with van der Waals surface area (Å²) in [6.07, 6.45) is 0.442. The van der Waals surface area contributed by atoms with Gasteiger partial charge in [-0.25, -0.2) is 0 Å². The number of rotatable bonds is 4. The molecule has 0 bridgehead atoms. The largest absolute Gasteiger partial charge is 0.465 e. The third-order valence-electron chi connectivity index (χ3n) is 1.18. The van der Waals surface area contributed by atoms with Crippen LogP contribution in [0.4, 0.5) is 0 Å². The van der Waals surface area contributed by atoms with Crippen LogP contribution in [0.1, 0.15) is 40.5 Å². The van der Waals surface area contributed by atoms with Crippen LogP contribution in [0.25, 0.3) is 0 Å². The lowest BCUT2D eigenvalue weighted by molar-refractivity contribution is -0.161. The molecule has 0 atom stereocenters. The highest BCUT2D eigenvalue weighted by molar-refractivity contribution is 5.91. The van der Waals surface area contributed by atoms with Crippen molar-refractivity contribution in [1.29, 1.82) is 0 Å². The van der Waals surface area contributed by atoms with Gasteiger partial charge in [-0.05, 0) is 27.2 Å². The monoisotopic (exact) mass is 202 g/mol. The normalized spacial score (nSPS) is 10.9. The molecule has 0 unspecified atom stereocenters. The summed E-state index contributed by atoms with van der Waals surface area (Å²) >= 11 is 0. The minimum atomic E-state index is -0.553. The molecule has 0 aromatic carbocycles. The second-order valence-corrected chi connectivity index (χ2v) is 3.98. The van der Waals surface area contributed by atoms with E-state index in [4.69, 9.17) is 9.47 Å². The Morgan fingerprint density at radius 3 is 2.14 bits per heavy atom. The summed E-state index contributed by atoms with van der Waals surface area (Å²) in [5.74, 6) is -1.07. The van der Waals surface area contributed by atoms with Crippen molar-refractivity contribution in [2.75, 3.05) is 6.61 Å². The van der Waals surface area contributed by atoms with Gasteiger partial charge in [0.1, 0.15) is 12.0 Å². The Labute approximate surface area is 84.6 Å². The fourth-order valence-electron chi connectivity index (χ4n) is 0.762. The van der Waals surface area contributed by atoms with E-state index in [-0.39, 0.29) is 6.42 Å². The van der Waals surface area contributed by atoms with Gasteiger partial charge >= 0.3 is 11.9 Å². The molecule has 0 saturated heterocycles. The molecule has 0 heterocycles. The Morgan fingerprint density at radius 2 is 1.71 bits per heavy atom. The standard InChI is InChI=1S/C10H18O4/c1-5-6-13-8(11)7-9(12)14-10(2,3)4/h5-7H2,1-4H3. The van der Waals surface area contributed by atoms with Gasteiger partial charge < -0.3 is 9.47 Å². The van der Waals surface area contributed by atoms with Gasteiger partial charge in [-0.15, -0.1) is 0 Å². The van der Waals surface area contributed by atoms with Crippen molar-refractivity contribution in [2.24, 2.45) is 0 Å². The average Bonchev–Trinajstić information content (AvgIpc) is 1.96. The zero-order valence-corrected chi connectivity index (χ0v) is 9.25.